The molecule has 0 aliphatic carbocycles. The maximum absolute atomic E-state index is 13.4. The Hall–Kier alpha value is -3.32. The van der Waals surface area contributed by atoms with Gasteiger partial charge in [0.2, 0.25) is 0 Å². The van der Waals surface area contributed by atoms with E-state index in [1.165, 1.54) is 12.1 Å². The third-order valence-corrected chi connectivity index (χ3v) is 6.61. The summed E-state index contributed by atoms with van der Waals surface area (Å²) in [5, 5.41) is 3.10. The number of aromatic nitrogens is 2. The number of fused-ring (bicyclic) bond motifs is 1. The normalized spacial score (nSPS) is 14.3. The van der Waals surface area contributed by atoms with Crippen molar-refractivity contribution in [3.8, 4) is 11.1 Å². The smallest absolute Gasteiger partial charge is 0.159 e. The lowest BCUT2D eigenvalue weighted by Crippen LogP contribution is -2.46. The first-order chi connectivity index (χ1) is 15.1. The minimum atomic E-state index is -0.243. The largest absolute Gasteiger partial charge is 0.368 e. The van der Waals surface area contributed by atoms with E-state index < -0.39 is 0 Å². The van der Waals surface area contributed by atoms with Gasteiger partial charge in [0.05, 0.1) is 5.39 Å². The molecule has 3 heterocycles. The Morgan fingerprint density at radius 1 is 0.935 bits per heavy atom. The average Bonchev–Trinajstić information content (AvgIpc) is 3.24. The molecule has 0 saturated carbocycles. The number of hydrogen-bond donors (Lipinski definition) is 0. The Labute approximate surface area is 183 Å². The molecule has 2 aromatic carbocycles. The van der Waals surface area contributed by atoms with Gasteiger partial charge in [-0.05, 0) is 48.9 Å². The molecule has 5 nitrogen and oxygen atoms in total. The van der Waals surface area contributed by atoms with Gasteiger partial charge in [0.15, 0.2) is 5.78 Å². The fraction of sp³-hybridized carbons (Fsp3) is 0.208. The molecule has 31 heavy (non-hydrogen) atoms. The lowest BCUT2D eigenvalue weighted by atomic mass is 10.1. The number of piperazine rings is 1. The summed E-state index contributed by atoms with van der Waals surface area (Å²) < 4.78 is 13.4. The second-order valence-corrected chi connectivity index (χ2v) is 8.47. The molecule has 4 aromatic rings. The van der Waals surface area contributed by atoms with Crippen LogP contribution in [0.25, 0.3) is 21.3 Å². The maximum atomic E-state index is 13.4. The molecule has 5 rings (SSSR count). The van der Waals surface area contributed by atoms with Gasteiger partial charge >= 0.3 is 0 Å². The van der Waals surface area contributed by atoms with Gasteiger partial charge in [0.25, 0.3) is 0 Å². The Morgan fingerprint density at radius 2 is 1.61 bits per heavy atom. The summed E-state index contributed by atoms with van der Waals surface area (Å²) >= 11 is 1.58. The molecule has 1 aliphatic heterocycles. The highest BCUT2D eigenvalue weighted by atomic mass is 32.1. The van der Waals surface area contributed by atoms with Crippen molar-refractivity contribution in [3.63, 3.8) is 0 Å². The topological polar surface area (TPSA) is 49.3 Å². The molecule has 0 radical (unpaired) electrons. The summed E-state index contributed by atoms with van der Waals surface area (Å²) in [6, 6.07) is 14.4. The number of carbonyl (C=O) groups is 1. The third kappa shape index (κ3) is 3.77. The van der Waals surface area contributed by atoms with Gasteiger partial charge in [-0.3, -0.25) is 4.79 Å². The first-order valence-corrected chi connectivity index (χ1v) is 11.1. The van der Waals surface area contributed by atoms with Crippen molar-refractivity contribution in [2.24, 2.45) is 0 Å². The Kier molecular flexibility index (Phi) is 5.11. The van der Waals surface area contributed by atoms with Gasteiger partial charge in [-0.2, -0.15) is 0 Å². The van der Waals surface area contributed by atoms with Crippen molar-refractivity contribution in [3.05, 3.63) is 71.6 Å². The second kappa shape index (κ2) is 8.07. The monoisotopic (exact) mass is 432 g/mol. The average molecular weight is 433 g/mol. The molecule has 0 bridgehead atoms. The van der Waals surface area contributed by atoms with Gasteiger partial charge in [0, 0.05) is 48.4 Å². The molecule has 0 N–H and O–H groups in total. The number of anilines is 2. The van der Waals surface area contributed by atoms with E-state index in [-0.39, 0.29) is 11.6 Å². The van der Waals surface area contributed by atoms with Crippen LogP contribution in [0.5, 0.6) is 0 Å². The zero-order chi connectivity index (χ0) is 21.4. The minimum absolute atomic E-state index is 0.0804. The first-order valence-electron chi connectivity index (χ1n) is 10.2. The van der Waals surface area contributed by atoms with Crippen LogP contribution in [-0.2, 0) is 0 Å². The first kappa shape index (κ1) is 19.6. The zero-order valence-corrected chi connectivity index (χ0v) is 17.9. The molecule has 0 spiro atoms. The highest BCUT2D eigenvalue weighted by Crippen LogP contribution is 2.38. The third-order valence-electron chi connectivity index (χ3n) is 5.72. The fourth-order valence-corrected chi connectivity index (χ4v) is 4.93. The Balaban J connectivity index is 1.40. The van der Waals surface area contributed by atoms with Gasteiger partial charge < -0.3 is 9.80 Å². The molecule has 2 aromatic heterocycles. The van der Waals surface area contributed by atoms with E-state index in [2.05, 4.69) is 25.1 Å². The second-order valence-electron chi connectivity index (χ2n) is 7.61. The van der Waals surface area contributed by atoms with Crippen molar-refractivity contribution in [1.82, 2.24) is 9.97 Å². The fourth-order valence-electron chi connectivity index (χ4n) is 4.02. The van der Waals surface area contributed by atoms with E-state index in [4.69, 9.17) is 0 Å². The van der Waals surface area contributed by atoms with Gasteiger partial charge in [-0.25, -0.2) is 14.4 Å². The molecule has 1 saturated heterocycles. The molecular formula is C24H21FN4OS. The predicted molar refractivity (Wildman–Crippen MR) is 124 cm³/mol. The van der Waals surface area contributed by atoms with Gasteiger partial charge in [-0.15, -0.1) is 11.3 Å². The van der Waals surface area contributed by atoms with Crippen LogP contribution in [0.2, 0.25) is 0 Å². The molecule has 1 fully saturated rings. The van der Waals surface area contributed by atoms with E-state index in [0.29, 0.717) is 0 Å². The standard InChI is InChI=1S/C24H21FN4OS/c1-16(30)17-4-8-20(9-5-17)28-10-12-29(13-11-28)23-22-21(14-31-24(22)27-15-26-23)18-2-6-19(25)7-3-18/h2-9,14-15H,10-13H2,1H3. The summed E-state index contributed by atoms with van der Waals surface area (Å²) in [7, 11) is 0. The number of hydrogen-bond acceptors (Lipinski definition) is 6. The van der Waals surface area contributed by atoms with Crippen LogP contribution in [0.1, 0.15) is 17.3 Å². The van der Waals surface area contributed by atoms with Crippen molar-refractivity contribution < 1.29 is 9.18 Å². The summed E-state index contributed by atoms with van der Waals surface area (Å²) in [5.74, 6) is 0.765. The van der Waals surface area contributed by atoms with Crippen LogP contribution < -0.4 is 9.80 Å². The van der Waals surface area contributed by atoms with Crippen LogP contribution in [-0.4, -0.2) is 41.9 Å². The quantitative estimate of drug-likeness (QED) is 0.424. The van der Waals surface area contributed by atoms with Gasteiger partial charge in [0.1, 0.15) is 22.8 Å². The van der Waals surface area contributed by atoms with E-state index in [0.717, 1.165) is 64.6 Å². The lowest BCUT2D eigenvalue weighted by molar-refractivity contribution is 0.101. The number of halogens is 1. The van der Waals surface area contributed by atoms with Crippen LogP contribution in [0, 0.1) is 5.82 Å². The molecule has 156 valence electrons. The van der Waals surface area contributed by atoms with E-state index in [1.807, 2.05) is 24.3 Å². The summed E-state index contributed by atoms with van der Waals surface area (Å²) in [6.07, 6.45) is 1.62. The molecule has 0 unspecified atom stereocenters. The molecular weight excluding hydrogens is 411 g/mol. The Bertz CT molecular complexity index is 1230. The number of rotatable bonds is 4. The maximum Gasteiger partial charge on any atom is 0.159 e. The number of benzene rings is 2. The molecule has 7 heteroatoms. The van der Waals surface area contributed by atoms with E-state index in [1.54, 1.807) is 36.7 Å². The number of ketones is 1. The van der Waals surface area contributed by atoms with Crippen LogP contribution in [0.15, 0.2) is 60.2 Å². The van der Waals surface area contributed by atoms with Crippen molar-refractivity contribution in [2.75, 3.05) is 36.0 Å². The van der Waals surface area contributed by atoms with Crippen LogP contribution >= 0.6 is 11.3 Å². The van der Waals surface area contributed by atoms with Crippen molar-refractivity contribution in [1.29, 1.82) is 0 Å². The molecule has 1 aliphatic rings. The number of Topliss-reactive ketones (excluding diaryl/α,β-unsaturated/α-hetero) is 1. The highest BCUT2D eigenvalue weighted by Gasteiger charge is 2.22. The van der Waals surface area contributed by atoms with Crippen molar-refractivity contribution in [2.45, 2.75) is 6.92 Å². The summed E-state index contributed by atoms with van der Waals surface area (Å²) in [6.45, 7) is 4.97. The highest BCUT2D eigenvalue weighted by molar-refractivity contribution is 7.17. The van der Waals surface area contributed by atoms with E-state index in [9.17, 15) is 9.18 Å². The summed E-state index contributed by atoms with van der Waals surface area (Å²) in [4.78, 5) is 26.2. The molecule has 0 atom stereocenters. The Morgan fingerprint density at radius 3 is 2.29 bits per heavy atom. The molecule has 0 amide bonds. The number of thiophene rings is 1. The lowest BCUT2D eigenvalue weighted by Gasteiger charge is -2.37. The predicted octanol–water partition coefficient (Wildman–Crippen LogP) is 5.03. The van der Waals surface area contributed by atoms with Gasteiger partial charge in [-0.1, -0.05) is 12.1 Å². The van der Waals surface area contributed by atoms with E-state index >= 15 is 0 Å². The SMILES string of the molecule is CC(=O)c1ccc(N2CCN(c3ncnc4scc(-c5ccc(F)cc5)c34)CC2)cc1. The number of carbonyl (C=O) groups excluding carboxylic acids is 1. The zero-order valence-electron chi connectivity index (χ0n) is 17.1. The number of nitrogens with zero attached hydrogens (tertiary/aromatic N) is 4. The summed E-state index contributed by atoms with van der Waals surface area (Å²) in [5.41, 5.74) is 3.86. The van der Waals surface area contributed by atoms with Crippen molar-refractivity contribution >= 4 is 38.8 Å². The van der Waals surface area contributed by atoms with Crippen LogP contribution in [0.3, 0.4) is 0 Å². The van der Waals surface area contributed by atoms with Crippen LogP contribution in [0.4, 0.5) is 15.9 Å². The minimum Gasteiger partial charge on any atom is -0.368 e.